The molecule has 0 saturated carbocycles. The van der Waals surface area contributed by atoms with Crippen LogP contribution in [0.2, 0.25) is 0 Å². The van der Waals surface area contributed by atoms with Gasteiger partial charge in [0.1, 0.15) is 11.5 Å². The van der Waals surface area contributed by atoms with Gasteiger partial charge in [0.15, 0.2) is 0 Å². The molecule has 7 nitrogen and oxygen atoms in total. The maximum atomic E-state index is 12.5. The normalized spacial score (nSPS) is 10.1. The number of non-ortho nitro benzene ring substituents is 1. The first-order chi connectivity index (χ1) is 11.6. The van der Waals surface area contributed by atoms with Crippen molar-refractivity contribution in [2.24, 2.45) is 0 Å². The molecule has 0 radical (unpaired) electrons. The second-order valence-corrected chi connectivity index (χ2v) is 4.94. The number of carbonyl (C=O) groups is 1. The van der Waals surface area contributed by atoms with Crippen LogP contribution in [-0.2, 0) is 0 Å². The van der Waals surface area contributed by atoms with Gasteiger partial charge in [-0.05, 0) is 24.6 Å². The van der Waals surface area contributed by atoms with Crippen LogP contribution in [0.1, 0.15) is 23.7 Å². The number of rotatable bonds is 7. The highest BCUT2D eigenvalue weighted by Gasteiger charge is 2.17. The average molecular weight is 330 g/mol. The van der Waals surface area contributed by atoms with E-state index in [1.54, 1.807) is 24.3 Å². The summed E-state index contributed by atoms with van der Waals surface area (Å²) in [5.41, 5.74) is 0.433. The van der Waals surface area contributed by atoms with Crippen molar-refractivity contribution in [3.05, 3.63) is 58.1 Å². The molecule has 2 aromatic carbocycles. The minimum Gasteiger partial charge on any atom is -0.495 e. The van der Waals surface area contributed by atoms with Gasteiger partial charge in [-0.2, -0.15) is 0 Å². The summed E-state index contributed by atoms with van der Waals surface area (Å²) >= 11 is 0. The first kappa shape index (κ1) is 17.3. The zero-order chi connectivity index (χ0) is 17.5. The summed E-state index contributed by atoms with van der Waals surface area (Å²) in [6.45, 7) is 2.46. The first-order valence-corrected chi connectivity index (χ1v) is 7.42. The Balaban J connectivity index is 2.29. The average Bonchev–Trinajstić information content (AvgIpc) is 2.60. The van der Waals surface area contributed by atoms with Gasteiger partial charge in [0, 0.05) is 12.1 Å². The molecule has 0 bridgehead atoms. The van der Waals surface area contributed by atoms with Gasteiger partial charge in [0.25, 0.3) is 11.6 Å². The smallest absolute Gasteiger partial charge is 0.271 e. The molecule has 0 heterocycles. The molecule has 1 amide bonds. The molecule has 0 unspecified atom stereocenters. The number of methoxy groups -OCH3 is 1. The van der Waals surface area contributed by atoms with Gasteiger partial charge in [-0.1, -0.05) is 19.1 Å². The number of hydrogen-bond acceptors (Lipinski definition) is 5. The number of carbonyl (C=O) groups excluding carboxylic acids is 1. The van der Waals surface area contributed by atoms with Gasteiger partial charge >= 0.3 is 0 Å². The zero-order valence-corrected chi connectivity index (χ0v) is 13.4. The first-order valence-electron chi connectivity index (χ1n) is 7.42. The van der Waals surface area contributed by atoms with Crippen molar-refractivity contribution in [1.29, 1.82) is 0 Å². The SMILES string of the molecule is CCCOc1ccccc1C(=O)Nc1cc([N+](=O)[O-])ccc1OC. The predicted octanol–water partition coefficient (Wildman–Crippen LogP) is 3.64. The molecule has 24 heavy (non-hydrogen) atoms. The Bertz CT molecular complexity index is 746. The highest BCUT2D eigenvalue weighted by atomic mass is 16.6. The fourth-order valence-electron chi connectivity index (χ4n) is 2.09. The van der Waals surface area contributed by atoms with Crippen molar-refractivity contribution in [3.63, 3.8) is 0 Å². The number of ether oxygens (including phenoxy) is 2. The third-order valence-corrected chi connectivity index (χ3v) is 3.24. The second kappa shape index (κ2) is 7.96. The van der Waals surface area contributed by atoms with E-state index in [9.17, 15) is 14.9 Å². The van der Waals surface area contributed by atoms with Crippen molar-refractivity contribution in [1.82, 2.24) is 0 Å². The van der Waals surface area contributed by atoms with Crippen molar-refractivity contribution < 1.29 is 19.2 Å². The fourth-order valence-corrected chi connectivity index (χ4v) is 2.09. The lowest BCUT2D eigenvalue weighted by Crippen LogP contribution is -2.14. The van der Waals surface area contributed by atoms with Gasteiger partial charge in [-0.25, -0.2) is 0 Å². The minimum absolute atomic E-state index is 0.137. The molecular formula is C17H18N2O5. The third kappa shape index (κ3) is 4.01. The van der Waals surface area contributed by atoms with E-state index in [0.29, 0.717) is 23.7 Å². The maximum Gasteiger partial charge on any atom is 0.271 e. The summed E-state index contributed by atoms with van der Waals surface area (Å²) in [7, 11) is 1.43. The Morgan fingerprint density at radius 2 is 1.96 bits per heavy atom. The van der Waals surface area contributed by atoms with E-state index in [4.69, 9.17) is 9.47 Å². The van der Waals surface area contributed by atoms with Gasteiger partial charge < -0.3 is 14.8 Å². The number of nitro benzene ring substituents is 1. The summed E-state index contributed by atoms with van der Waals surface area (Å²) in [5, 5.41) is 13.6. The number of nitro groups is 1. The van der Waals surface area contributed by atoms with Crippen LogP contribution >= 0.6 is 0 Å². The van der Waals surface area contributed by atoms with Crippen molar-refractivity contribution >= 4 is 17.3 Å². The number of amides is 1. The molecular weight excluding hydrogens is 312 g/mol. The van der Waals surface area contributed by atoms with Crippen LogP contribution in [0.15, 0.2) is 42.5 Å². The Morgan fingerprint density at radius 3 is 2.62 bits per heavy atom. The standard InChI is InChI=1S/C17H18N2O5/c1-3-10-24-15-7-5-4-6-13(15)17(20)18-14-11-12(19(21)22)8-9-16(14)23-2/h4-9,11H,3,10H2,1-2H3,(H,18,20). The molecule has 1 N–H and O–H groups in total. The lowest BCUT2D eigenvalue weighted by Gasteiger charge is -2.13. The molecule has 0 aliphatic carbocycles. The van der Waals surface area contributed by atoms with Crippen LogP contribution in [0.3, 0.4) is 0 Å². The molecule has 0 saturated heterocycles. The van der Waals surface area contributed by atoms with Crippen LogP contribution < -0.4 is 14.8 Å². The number of nitrogens with zero attached hydrogens (tertiary/aromatic N) is 1. The monoisotopic (exact) mass is 330 g/mol. The van der Waals surface area contributed by atoms with E-state index < -0.39 is 10.8 Å². The highest BCUT2D eigenvalue weighted by molar-refractivity contribution is 6.07. The number of hydrogen-bond donors (Lipinski definition) is 1. The van der Waals surface area contributed by atoms with Gasteiger partial charge in [0.05, 0.1) is 29.9 Å². The van der Waals surface area contributed by atoms with E-state index in [0.717, 1.165) is 6.42 Å². The number of nitrogens with one attached hydrogen (secondary N) is 1. The Labute approximate surface area is 139 Å². The largest absolute Gasteiger partial charge is 0.495 e. The molecule has 0 spiro atoms. The summed E-state index contributed by atoms with van der Waals surface area (Å²) in [4.78, 5) is 22.9. The lowest BCUT2D eigenvalue weighted by atomic mass is 10.1. The topological polar surface area (TPSA) is 90.7 Å². The van der Waals surface area contributed by atoms with Crippen LogP contribution in [0.25, 0.3) is 0 Å². The molecule has 0 aliphatic heterocycles. The molecule has 126 valence electrons. The quantitative estimate of drug-likeness (QED) is 0.618. The summed E-state index contributed by atoms with van der Waals surface area (Å²) in [6, 6.07) is 10.8. The van der Waals surface area contributed by atoms with Crippen LogP contribution in [0, 0.1) is 10.1 Å². The van der Waals surface area contributed by atoms with Gasteiger partial charge in [0.2, 0.25) is 0 Å². The minimum atomic E-state index is -0.534. The Kier molecular flexibility index (Phi) is 5.73. The van der Waals surface area contributed by atoms with E-state index in [1.807, 2.05) is 6.92 Å². The maximum absolute atomic E-state index is 12.5. The number of anilines is 1. The van der Waals surface area contributed by atoms with Crippen molar-refractivity contribution in [2.45, 2.75) is 13.3 Å². The summed E-state index contributed by atoms with van der Waals surface area (Å²) in [6.07, 6.45) is 0.814. The molecule has 0 fully saturated rings. The van der Waals surface area contributed by atoms with E-state index in [-0.39, 0.29) is 11.4 Å². The highest BCUT2D eigenvalue weighted by Crippen LogP contribution is 2.30. The molecule has 0 aromatic heterocycles. The molecule has 0 aliphatic rings. The second-order valence-electron chi connectivity index (χ2n) is 4.94. The van der Waals surface area contributed by atoms with Crippen LogP contribution in [0.4, 0.5) is 11.4 Å². The third-order valence-electron chi connectivity index (χ3n) is 3.24. The molecule has 0 atom stereocenters. The fraction of sp³-hybridized carbons (Fsp3) is 0.235. The molecule has 2 aromatic rings. The Hall–Kier alpha value is -3.09. The van der Waals surface area contributed by atoms with E-state index in [2.05, 4.69) is 5.32 Å². The van der Waals surface area contributed by atoms with Crippen LogP contribution in [-0.4, -0.2) is 24.5 Å². The molecule has 7 heteroatoms. The molecule has 2 rings (SSSR count). The van der Waals surface area contributed by atoms with Gasteiger partial charge in [-0.3, -0.25) is 14.9 Å². The van der Waals surface area contributed by atoms with Gasteiger partial charge in [-0.15, -0.1) is 0 Å². The number of benzene rings is 2. The van der Waals surface area contributed by atoms with Crippen LogP contribution in [0.5, 0.6) is 11.5 Å². The van der Waals surface area contributed by atoms with Crippen molar-refractivity contribution in [2.75, 3.05) is 19.0 Å². The lowest BCUT2D eigenvalue weighted by molar-refractivity contribution is -0.384. The summed E-state index contributed by atoms with van der Waals surface area (Å²) < 4.78 is 10.7. The number of para-hydroxylation sites is 1. The zero-order valence-electron chi connectivity index (χ0n) is 13.4. The summed E-state index contributed by atoms with van der Waals surface area (Å²) in [5.74, 6) is 0.364. The predicted molar refractivity (Wildman–Crippen MR) is 89.8 cm³/mol. The van der Waals surface area contributed by atoms with E-state index in [1.165, 1.54) is 25.3 Å². The van der Waals surface area contributed by atoms with E-state index >= 15 is 0 Å². The Morgan fingerprint density at radius 1 is 1.21 bits per heavy atom. The van der Waals surface area contributed by atoms with Crippen molar-refractivity contribution in [3.8, 4) is 11.5 Å².